The average Bonchev–Trinajstić information content (AvgIpc) is 3.37. The highest BCUT2D eigenvalue weighted by atomic mass is 16.6. The van der Waals surface area contributed by atoms with E-state index >= 15 is 0 Å². The number of carboxylic acids is 1. The van der Waals surface area contributed by atoms with Gasteiger partial charge < -0.3 is 40.8 Å². The Morgan fingerprint density at radius 1 is 1.25 bits per heavy atom. The number of aliphatic hydroxyl groups is 2. The summed E-state index contributed by atoms with van der Waals surface area (Å²) in [6, 6.07) is 3.36. The number of nitrogens with one attached hydrogen (secondary N) is 3. The fraction of sp³-hybridized carbons (Fsp3) is 0.364. The van der Waals surface area contributed by atoms with Gasteiger partial charge in [0.05, 0.1) is 13.2 Å². The number of fused-ring (bicyclic) bond motifs is 1. The molecule has 0 bridgehead atoms. The maximum Gasteiger partial charge on any atom is 0.330 e. The Labute approximate surface area is 202 Å². The first-order valence-corrected chi connectivity index (χ1v) is 10.9. The quantitative estimate of drug-likeness (QED) is 0.175. The third kappa shape index (κ3) is 4.74. The van der Waals surface area contributed by atoms with E-state index in [-0.39, 0.29) is 6.42 Å². The number of hydrogen-bond donors (Lipinski definition) is 7. The number of carboxylic acid groups (broad SMARTS) is 1. The first-order valence-electron chi connectivity index (χ1n) is 10.9. The fourth-order valence-corrected chi connectivity index (χ4v) is 4.15. The molecule has 0 aliphatic carbocycles. The lowest BCUT2D eigenvalue weighted by molar-refractivity contribution is -0.149. The van der Waals surface area contributed by atoms with Gasteiger partial charge in [-0.3, -0.25) is 19.1 Å². The molecule has 14 nitrogen and oxygen atoms in total. The summed E-state index contributed by atoms with van der Waals surface area (Å²) < 4.78 is 11.5. The molecule has 0 spiro atoms. The number of rotatable bonds is 8. The van der Waals surface area contributed by atoms with Crippen LogP contribution in [-0.2, 0) is 20.7 Å². The number of benzene rings is 1. The van der Waals surface area contributed by atoms with Gasteiger partial charge in [0, 0.05) is 29.4 Å². The monoisotopic (exact) mass is 503 g/mol. The molecule has 1 amide bonds. The van der Waals surface area contributed by atoms with E-state index in [1.807, 2.05) is 4.98 Å². The Kier molecular flexibility index (Phi) is 6.94. The van der Waals surface area contributed by atoms with Crippen LogP contribution in [0, 0.1) is 0 Å². The summed E-state index contributed by atoms with van der Waals surface area (Å²) in [7, 11) is 1.52. The molecule has 1 aliphatic heterocycles. The number of aromatic nitrogens is 3. The van der Waals surface area contributed by atoms with E-state index < -0.39 is 59.7 Å². The van der Waals surface area contributed by atoms with Crippen molar-refractivity contribution in [2.24, 2.45) is 5.73 Å². The second-order valence-electron chi connectivity index (χ2n) is 8.35. The van der Waals surface area contributed by atoms with Gasteiger partial charge in [-0.1, -0.05) is 0 Å². The minimum atomic E-state index is -1.81. The van der Waals surface area contributed by atoms with Gasteiger partial charge in [0.1, 0.15) is 24.1 Å². The van der Waals surface area contributed by atoms with E-state index in [1.54, 1.807) is 24.4 Å². The molecule has 0 unspecified atom stereocenters. The molecule has 1 saturated heterocycles. The van der Waals surface area contributed by atoms with Gasteiger partial charge in [0.15, 0.2) is 12.3 Å². The Hall–Kier alpha value is -3.98. The summed E-state index contributed by atoms with van der Waals surface area (Å²) in [5.41, 5.74) is 5.91. The van der Waals surface area contributed by atoms with Crippen molar-refractivity contribution in [3.8, 4) is 5.75 Å². The van der Waals surface area contributed by atoms with Crippen molar-refractivity contribution in [1.29, 1.82) is 0 Å². The van der Waals surface area contributed by atoms with E-state index in [9.17, 15) is 34.5 Å². The van der Waals surface area contributed by atoms with Crippen molar-refractivity contribution in [2.45, 2.75) is 43.0 Å². The normalized spacial score (nSPS) is 23.3. The smallest absolute Gasteiger partial charge is 0.330 e. The highest BCUT2D eigenvalue weighted by Gasteiger charge is 2.50. The van der Waals surface area contributed by atoms with Crippen molar-refractivity contribution in [1.82, 2.24) is 19.9 Å². The number of methoxy groups -OCH3 is 1. The molecule has 14 heteroatoms. The van der Waals surface area contributed by atoms with Crippen LogP contribution in [0.4, 0.5) is 0 Å². The molecule has 0 radical (unpaired) electrons. The number of carbonyl (C=O) groups is 2. The Bertz CT molecular complexity index is 1400. The second-order valence-corrected chi connectivity index (χ2v) is 8.35. The van der Waals surface area contributed by atoms with Crippen molar-refractivity contribution >= 4 is 22.8 Å². The minimum Gasteiger partial charge on any atom is -0.497 e. The van der Waals surface area contributed by atoms with Gasteiger partial charge in [-0.15, -0.1) is 0 Å². The number of nitrogens with two attached hydrogens (primary N) is 1. The summed E-state index contributed by atoms with van der Waals surface area (Å²) in [6.45, 7) is 0. The molecule has 6 atom stereocenters. The molecule has 192 valence electrons. The summed E-state index contributed by atoms with van der Waals surface area (Å²) in [5, 5.41) is 33.6. The first kappa shape index (κ1) is 25.1. The maximum atomic E-state index is 12.8. The number of aliphatic carboxylic acids is 1. The largest absolute Gasteiger partial charge is 0.497 e. The highest BCUT2D eigenvalue weighted by molar-refractivity contribution is 5.89. The third-order valence-corrected chi connectivity index (χ3v) is 6.04. The Morgan fingerprint density at radius 2 is 2.00 bits per heavy atom. The van der Waals surface area contributed by atoms with Crippen LogP contribution in [0.3, 0.4) is 0 Å². The van der Waals surface area contributed by atoms with E-state index in [0.29, 0.717) is 11.3 Å². The van der Waals surface area contributed by atoms with Crippen molar-refractivity contribution in [2.75, 3.05) is 7.11 Å². The average molecular weight is 503 g/mol. The zero-order valence-corrected chi connectivity index (χ0v) is 19.0. The summed E-state index contributed by atoms with van der Waals surface area (Å²) in [4.78, 5) is 53.1. The molecule has 1 aromatic carbocycles. The maximum absolute atomic E-state index is 12.8. The van der Waals surface area contributed by atoms with Crippen LogP contribution >= 0.6 is 0 Å². The van der Waals surface area contributed by atoms with Crippen molar-refractivity contribution in [3.05, 3.63) is 63.1 Å². The Balaban J connectivity index is 1.50. The number of carbonyl (C=O) groups excluding carboxylic acids is 1. The van der Waals surface area contributed by atoms with Gasteiger partial charge in [-0.05, 0) is 30.2 Å². The third-order valence-electron chi connectivity index (χ3n) is 6.04. The number of amides is 1. The molecule has 1 fully saturated rings. The topological polar surface area (TPSA) is 222 Å². The van der Waals surface area contributed by atoms with Crippen LogP contribution in [-0.4, -0.2) is 79.2 Å². The van der Waals surface area contributed by atoms with E-state index in [2.05, 4.69) is 10.3 Å². The minimum absolute atomic E-state index is 0.0530. The molecule has 8 N–H and O–H groups in total. The number of H-pyrrole nitrogens is 2. The van der Waals surface area contributed by atoms with Gasteiger partial charge >= 0.3 is 11.7 Å². The van der Waals surface area contributed by atoms with Crippen LogP contribution in [0.15, 0.2) is 46.2 Å². The lowest BCUT2D eigenvalue weighted by Gasteiger charge is -2.24. The van der Waals surface area contributed by atoms with Gasteiger partial charge in [0.25, 0.3) is 5.56 Å². The number of nitrogens with zero attached hydrogens (tertiary/aromatic N) is 1. The van der Waals surface area contributed by atoms with Crippen molar-refractivity contribution in [3.63, 3.8) is 0 Å². The van der Waals surface area contributed by atoms with E-state index in [0.717, 1.165) is 27.7 Å². The summed E-state index contributed by atoms with van der Waals surface area (Å²) >= 11 is 0. The van der Waals surface area contributed by atoms with Gasteiger partial charge in [0.2, 0.25) is 5.91 Å². The lowest BCUT2D eigenvalue weighted by atomic mass is 10.0. The van der Waals surface area contributed by atoms with Crippen molar-refractivity contribution < 1.29 is 34.4 Å². The molecule has 2 aromatic heterocycles. The van der Waals surface area contributed by atoms with Gasteiger partial charge in [-0.2, -0.15) is 0 Å². The first-order chi connectivity index (χ1) is 17.1. The second kappa shape index (κ2) is 9.94. The van der Waals surface area contributed by atoms with Crippen LogP contribution < -0.4 is 27.0 Å². The molecule has 4 rings (SSSR count). The zero-order valence-electron chi connectivity index (χ0n) is 19.0. The lowest BCUT2D eigenvalue weighted by Crippen LogP contribution is -2.56. The molecule has 0 saturated carbocycles. The zero-order chi connectivity index (χ0) is 26.1. The number of hydrogen-bond acceptors (Lipinski definition) is 9. The van der Waals surface area contributed by atoms with Crippen LogP contribution in [0.25, 0.3) is 10.9 Å². The SMILES string of the molecule is COc1ccc2[nH]cc(C[C@H](N)C(=O)N[C@H](C(=O)O)[C@H]3O[C@@H](n4ccc(=O)[nH]c4=O)[C@H](O)[C@@H]3O)c2c1. The number of aliphatic hydroxyl groups excluding tert-OH is 2. The van der Waals surface area contributed by atoms with Crippen LogP contribution in [0.1, 0.15) is 11.8 Å². The molecule has 1 aliphatic rings. The van der Waals surface area contributed by atoms with E-state index in [4.69, 9.17) is 15.2 Å². The van der Waals surface area contributed by atoms with E-state index in [1.165, 1.54) is 7.11 Å². The Morgan fingerprint density at radius 3 is 2.67 bits per heavy atom. The molecular weight excluding hydrogens is 478 g/mol. The van der Waals surface area contributed by atoms with Crippen LogP contribution in [0.5, 0.6) is 5.75 Å². The summed E-state index contributed by atoms with van der Waals surface area (Å²) in [5.74, 6) is -1.79. The molecule has 36 heavy (non-hydrogen) atoms. The fourth-order valence-electron chi connectivity index (χ4n) is 4.15. The van der Waals surface area contributed by atoms with Crippen LogP contribution in [0.2, 0.25) is 0 Å². The van der Waals surface area contributed by atoms with Gasteiger partial charge in [-0.25, -0.2) is 9.59 Å². The standard InChI is InChI=1S/C22H25N5O9/c1-35-10-2-3-13-11(7-10)9(8-24-13)6-12(23)19(31)26-15(21(32)33)18-16(29)17(30)20(36-18)27-5-4-14(28)25-22(27)34/h2-5,7-8,12,15-18,20,24,29-30H,6,23H2,1H3,(H,26,31)(H,32,33)(H,25,28,34)/t12-,15-,16-,17+,18+,20+/m0/s1. The molecular formula is C22H25N5O9. The molecule has 3 heterocycles. The summed E-state index contributed by atoms with van der Waals surface area (Å²) in [6.07, 6.45) is -3.89. The number of aromatic amines is 2. The predicted molar refractivity (Wildman–Crippen MR) is 123 cm³/mol. The molecule has 3 aromatic rings. The predicted octanol–water partition coefficient (Wildman–Crippen LogP) is -2.21. The highest BCUT2D eigenvalue weighted by Crippen LogP contribution is 2.30. The number of ether oxygens (including phenoxy) is 2.